The van der Waals surface area contributed by atoms with Crippen molar-refractivity contribution in [2.75, 3.05) is 62.9 Å². The van der Waals surface area contributed by atoms with Crippen LogP contribution in [0.5, 0.6) is 0 Å². The van der Waals surface area contributed by atoms with Crippen molar-refractivity contribution in [3.8, 4) is 11.4 Å². The fourth-order valence-electron chi connectivity index (χ4n) is 9.49. The van der Waals surface area contributed by atoms with Gasteiger partial charge in [0.05, 0.1) is 32.2 Å². The number of anilines is 2. The third-order valence-electron chi connectivity index (χ3n) is 13.4. The lowest BCUT2D eigenvalue weighted by Crippen LogP contribution is -2.40. The number of hydrogen-bond acceptors (Lipinski definition) is 8. The van der Waals surface area contributed by atoms with Gasteiger partial charge < -0.3 is 47.9 Å². The maximum Gasteiger partial charge on any atom is 0.247 e. The Kier molecular flexibility index (Phi) is 15.8. The summed E-state index contributed by atoms with van der Waals surface area (Å²) < 4.78 is 4.47. The van der Waals surface area contributed by atoms with Gasteiger partial charge in [-0.2, -0.15) is 4.57 Å². The SMILES string of the molecule is [CH2-]S([CH2-])(C(=O)NCCCN(C)CCCNC(=O)CCSc1cc(/C=C2/Sc3ccccc3N2C)c2ccccc2[n+]1-c1ccccc1)c1cc(/C=C2/Sc3ccccc3N2C)c2ccccc2[n+]1-c1ccccc1. The van der Waals surface area contributed by atoms with E-state index in [0.29, 0.717) is 25.3 Å². The molecule has 0 radical (unpaired) electrons. The number of fused-ring (bicyclic) bond motifs is 4. The largest absolute Gasteiger partial charge is 0.356 e. The molecule has 6 aromatic carbocycles. The number of amides is 2. The van der Waals surface area contributed by atoms with E-state index >= 15 is 0 Å². The van der Waals surface area contributed by atoms with E-state index in [-0.39, 0.29) is 11.1 Å². The van der Waals surface area contributed by atoms with Crippen molar-refractivity contribution in [1.29, 1.82) is 0 Å². The number of nitrogens with zero attached hydrogens (tertiary/aromatic N) is 5. The number of thioether (sulfide) groups is 3. The number of aromatic nitrogens is 2. The average molecular weight is 1050 g/mol. The second-order valence-corrected chi connectivity index (χ2v) is 24.3. The van der Waals surface area contributed by atoms with Crippen molar-refractivity contribution < 1.29 is 18.7 Å². The fraction of sp³-hybridized carbons (Fsp3) is 0.180. The first-order valence-corrected chi connectivity index (χ1v) is 29.5. The summed E-state index contributed by atoms with van der Waals surface area (Å²) in [5.74, 6) is 0.686. The zero-order valence-corrected chi connectivity index (χ0v) is 45.3. The summed E-state index contributed by atoms with van der Waals surface area (Å²) >= 11 is 5.24. The van der Waals surface area contributed by atoms with E-state index in [2.05, 4.69) is 220 Å². The number of para-hydroxylation sites is 6. The van der Waals surface area contributed by atoms with Gasteiger partial charge in [-0.25, -0.2) is 0 Å². The summed E-state index contributed by atoms with van der Waals surface area (Å²) in [6.45, 7) is 2.70. The molecule has 9 nitrogen and oxygen atoms in total. The molecule has 0 bridgehead atoms. The van der Waals surface area contributed by atoms with Gasteiger partial charge in [0.15, 0.2) is 5.03 Å². The first-order valence-electron chi connectivity index (χ1n) is 24.9. The zero-order chi connectivity index (χ0) is 51.2. The molecule has 10 rings (SSSR count). The quantitative estimate of drug-likeness (QED) is 0.0404. The van der Waals surface area contributed by atoms with Crippen molar-refractivity contribution in [3.63, 3.8) is 0 Å². The lowest BCUT2D eigenvalue weighted by molar-refractivity contribution is -0.609. The lowest BCUT2D eigenvalue weighted by Gasteiger charge is -2.43. The Hall–Kier alpha value is -6.48. The Morgan fingerprint density at radius 3 is 1.66 bits per heavy atom. The summed E-state index contributed by atoms with van der Waals surface area (Å²) in [6.07, 6.45) is 15.6. The number of rotatable bonds is 17. The number of carbonyl (C=O) groups is 2. The molecule has 8 aromatic rings. The molecule has 0 atom stereocenters. The van der Waals surface area contributed by atoms with E-state index in [0.717, 1.165) is 79.9 Å². The van der Waals surface area contributed by atoms with E-state index in [1.54, 1.807) is 35.3 Å². The summed E-state index contributed by atoms with van der Waals surface area (Å²) in [4.78, 5) is 36.7. The lowest BCUT2D eigenvalue weighted by atomic mass is 10.1. The van der Waals surface area contributed by atoms with Gasteiger partial charge >= 0.3 is 0 Å². The molecule has 2 aliphatic rings. The number of carbonyl (C=O) groups excluding carboxylic acids is 2. The molecule has 0 aliphatic carbocycles. The molecule has 0 saturated carbocycles. The van der Waals surface area contributed by atoms with Gasteiger partial charge in [-0.3, -0.25) is 9.59 Å². The second kappa shape index (κ2) is 23.0. The Bertz CT molecular complexity index is 3420. The Balaban J connectivity index is 0.735. The minimum Gasteiger partial charge on any atom is -0.356 e. The van der Waals surface area contributed by atoms with Crippen LogP contribution in [0.25, 0.3) is 45.3 Å². The van der Waals surface area contributed by atoms with Gasteiger partial charge in [0.1, 0.15) is 0 Å². The summed E-state index contributed by atoms with van der Waals surface area (Å²) in [5, 5.41) is 12.6. The highest BCUT2D eigenvalue weighted by molar-refractivity contribution is 8.46. The van der Waals surface area contributed by atoms with E-state index < -0.39 is 10.0 Å². The third-order valence-corrected chi connectivity index (χ3v) is 18.7. The Labute approximate surface area is 450 Å². The van der Waals surface area contributed by atoms with Gasteiger partial charge in [-0.15, -0.1) is 4.57 Å². The van der Waals surface area contributed by atoms with Gasteiger partial charge in [0.25, 0.3) is 0 Å². The normalized spacial score (nSPS) is 14.6. The van der Waals surface area contributed by atoms with Crippen molar-refractivity contribution in [1.82, 2.24) is 15.5 Å². The van der Waals surface area contributed by atoms with Crippen LogP contribution in [0.2, 0.25) is 0 Å². The Morgan fingerprint density at radius 2 is 1.09 bits per heavy atom. The molecule has 0 spiro atoms. The first-order chi connectivity index (χ1) is 36.0. The van der Waals surface area contributed by atoms with Crippen LogP contribution in [-0.4, -0.2) is 69.1 Å². The predicted molar refractivity (Wildman–Crippen MR) is 313 cm³/mol. The molecule has 0 unspecified atom stereocenters. The van der Waals surface area contributed by atoms with Crippen LogP contribution in [0.1, 0.15) is 30.4 Å². The molecular formula is C61H61N7O2S4. The molecule has 0 fully saturated rings. The van der Waals surface area contributed by atoms with Crippen LogP contribution >= 0.6 is 45.3 Å². The summed E-state index contributed by atoms with van der Waals surface area (Å²) in [5.41, 5.74) is 8.68. The maximum absolute atomic E-state index is 14.3. The molecule has 376 valence electrons. The van der Waals surface area contributed by atoms with Crippen LogP contribution in [0.15, 0.2) is 200 Å². The molecule has 13 heteroatoms. The predicted octanol–water partition coefficient (Wildman–Crippen LogP) is 13.1. The van der Waals surface area contributed by atoms with Crippen molar-refractivity contribution >= 4 is 102 Å². The highest BCUT2D eigenvalue weighted by Crippen LogP contribution is 2.54. The molecule has 2 aliphatic heterocycles. The summed E-state index contributed by atoms with van der Waals surface area (Å²) in [6, 6.07) is 58.9. The number of pyridine rings is 2. The Morgan fingerprint density at radius 1 is 0.622 bits per heavy atom. The molecule has 2 N–H and O–H groups in total. The minimum absolute atomic E-state index is 0.0467. The van der Waals surface area contributed by atoms with Crippen molar-refractivity contribution in [2.24, 2.45) is 0 Å². The molecule has 2 aromatic heterocycles. The van der Waals surface area contributed by atoms with Crippen LogP contribution < -0.4 is 29.6 Å². The standard InChI is InChI=1S/C61H61N7O2S4/c1-64(37-20-35-62-56(69)34-39-71-59-42-44(40-57-65(2)52-30-16-18-32-54(52)72-57)48-26-12-14-28-50(48)67(59)46-22-8-6-9-23-46)38-21-36-63-61(70)74(4,5)60-43-45(41-58-66(3)53-31-17-19-33-55(53)73-58)49-27-13-15-29-51(49)68(60)47-24-10-7-11-25-47/h6-19,22-33,40-43H,4-5,20-21,34-39H2,1-3H3,(H,62,69)(H,63,70). The van der Waals surface area contributed by atoms with E-state index in [1.807, 2.05) is 30.3 Å². The molecule has 4 heterocycles. The van der Waals surface area contributed by atoms with Gasteiger partial charge in [-0.1, -0.05) is 120 Å². The van der Waals surface area contributed by atoms with Crippen LogP contribution in [0, 0.1) is 12.5 Å². The molecule has 74 heavy (non-hydrogen) atoms. The molecule has 2 amide bonds. The van der Waals surface area contributed by atoms with Gasteiger partial charge in [-0.05, 0) is 92.7 Å². The summed E-state index contributed by atoms with van der Waals surface area (Å²) in [7, 11) is 3.79. The van der Waals surface area contributed by atoms with Crippen molar-refractivity contribution in [3.05, 3.63) is 204 Å². The number of nitrogens with one attached hydrogen (secondary N) is 2. The highest BCUT2D eigenvalue weighted by atomic mass is 32.3. The van der Waals surface area contributed by atoms with Crippen LogP contribution in [0.3, 0.4) is 0 Å². The first kappa shape index (κ1) is 51.0. The molecule has 0 saturated heterocycles. The number of benzene rings is 6. The maximum atomic E-state index is 14.3. The van der Waals surface area contributed by atoms with Crippen LogP contribution in [0.4, 0.5) is 16.2 Å². The minimum atomic E-state index is -2.52. The smallest absolute Gasteiger partial charge is 0.247 e. The number of hydrogen-bond donors (Lipinski definition) is 2. The van der Waals surface area contributed by atoms with Crippen LogP contribution in [-0.2, 0) is 4.79 Å². The van der Waals surface area contributed by atoms with E-state index in [1.165, 1.54) is 31.6 Å². The topological polar surface area (TPSA) is 75.7 Å². The second-order valence-electron chi connectivity index (χ2n) is 18.5. The third kappa shape index (κ3) is 11.0. The van der Waals surface area contributed by atoms with E-state index in [4.69, 9.17) is 0 Å². The van der Waals surface area contributed by atoms with Gasteiger partial charge in [0, 0.05) is 97.7 Å². The monoisotopic (exact) mass is 1050 g/mol. The highest BCUT2D eigenvalue weighted by Gasteiger charge is 2.30. The zero-order valence-electron chi connectivity index (χ0n) is 42.1. The average Bonchev–Trinajstić information content (AvgIpc) is 3.92. The van der Waals surface area contributed by atoms with E-state index in [9.17, 15) is 9.59 Å². The van der Waals surface area contributed by atoms with Gasteiger partial charge in [0.2, 0.25) is 38.6 Å². The fourth-order valence-corrected chi connectivity index (χ4v) is 14.2. The molecular weight excluding hydrogens is 991 g/mol. The van der Waals surface area contributed by atoms with Crippen molar-refractivity contribution in [2.45, 2.75) is 39.1 Å².